The fourth-order valence-electron chi connectivity index (χ4n) is 0.214. The van der Waals surface area contributed by atoms with Gasteiger partial charge in [0.25, 0.3) is 0 Å². The van der Waals surface area contributed by atoms with Crippen molar-refractivity contribution in [1.29, 1.82) is 0 Å². The molecule has 0 aliphatic carbocycles. The average Bonchev–Trinajstić information content (AvgIpc) is 1.63. The van der Waals surface area contributed by atoms with Gasteiger partial charge in [-0.2, -0.15) is 5.10 Å². The molecule has 0 bridgehead atoms. The molecular weight excluding hydrogens is 120 g/mol. The molecule has 0 atom stereocenters. The van der Waals surface area contributed by atoms with Crippen LogP contribution in [0.4, 0.5) is 0 Å². The third-order valence-corrected chi connectivity index (χ3v) is 0.468. The summed E-state index contributed by atoms with van der Waals surface area (Å²) in [6, 6.07) is 0. The van der Waals surface area contributed by atoms with E-state index in [9.17, 15) is 9.59 Å². The molecule has 4 nitrogen and oxygen atoms in total. The van der Waals surface area contributed by atoms with Gasteiger partial charge in [0.2, 0.25) is 5.91 Å². The van der Waals surface area contributed by atoms with Crippen molar-refractivity contribution in [2.45, 2.75) is 13.8 Å². The van der Waals surface area contributed by atoms with Crippen LogP contribution in [0, 0.1) is 0 Å². The highest BCUT2D eigenvalue weighted by Gasteiger charge is 1.84. The number of amides is 1. The second kappa shape index (κ2) is 3.77. The van der Waals surface area contributed by atoms with Crippen LogP contribution in [0.25, 0.3) is 0 Å². The molecule has 4 heteroatoms. The number of hydrazone groups is 1. The molecule has 0 aliphatic heterocycles. The lowest BCUT2D eigenvalue weighted by molar-refractivity contribution is -0.118. The molecule has 0 aromatic heterocycles. The molecule has 0 rings (SSSR count). The number of rotatable bonds is 2. The summed E-state index contributed by atoms with van der Waals surface area (Å²) in [4.78, 5) is 20.2. The van der Waals surface area contributed by atoms with Crippen molar-refractivity contribution >= 4 is 17.9 Å². The lowest BCUT2D eigenvalue weighted by Crippen LogP contribution is -2.13. The zero-order chi connectivity index (χ0) is 7.28. The van der Waals surface area contributed by atoms with E-state index in [1.807, 2.05) is 0 Å². The Bertz CT molecular complexity index is 151. The van der Waals surface area contributed by atoms with E-state index in [-0.39, 0.29) is 11.7 Å². The Morgan fingerprint density at radius 3 is 2.33 bits per heavy atom. The summed E-state index contributed by atoms with van der Waals surface area (Å²) < 4.78 is 0. The minimum Gasteiger partial charge on any atom is -0.293 e. The van der Waals surface area contributed by atoms with Crippen molar-refractivity contribution in [2.24, 2.45) is 5.10 Å². The first-order valence-electron chi connectivity index (χ1n) is 2.43. The highest BCUT2D eigenvalue weighted by Crippen LogP contribution is 1.62. The first-order chi connectivity index (χ1) is 4.13. The third-order valence-electron chi connectivity index (χ3n) is 0.468. The molecule has 9 heavy (non-hydrogen) atoms. The lowest BCUT2D eigenvalue weighted by Gasteiger charge is -1.86. The third kappa shape index (κ3) is 6.81. The van der Waals surface area contributed by atoms with Crippen molar-refractivity contribution in [3.8, 4) is 0 Å². The van der Waals surface area contributed by atoms with Gasteiger partial charge in [0.1, 0.15) is 0 Å². The summed E-state index contributed by atoms with van der Waals surface area (Å²) in [5.74, 6) is -0.476. The van der Waals surface area contributed by atoms with Crippen LogP contribution in [0.2, 0.25) is 0 Å². The molecule has 0 unspecified atom stereocenters. The molecule has 50 valence electrons. The maximum Gasteiger partial charge on any atom is 0.236 e. The van der Waals surface area contributed by atoms with Crippen LogP contribution >= 0.6 is 0 Å². The van der Waals surface area contributed by atoms with Gasteiger partial charge in [0.15, 0.2) is 5.78 Å². The molecule has 1 N–H and O–H groups in total. The van der Waals surface area contributed by atoms with E-state index in [0.29, 0.717) is 0 Å². The predicted molar refractivity (Wildman–Crippen MR) is 33.0 cm³/mol. The predicted octanol–water partition coefficient (Wildman–Crippen LogP) is -0.303. The highest BCUT2D eigenvalue weighted by atomic mass is 16.2. The number of Topliss-reactive ketones (excluding diaryl/α,β-unsaturated/α-hetero) is 1. The van der Waals surface area contributed by atoms with Crippen LogP contribution in [-0.2, 0) is 9.59 Å². The van der Waals surface area contributed by atoms with Crippen molar-refractivity contribution in [3.05, 3.63) is 0 Å². The summed E-state index contributed by atoms with van der Waals surface area (Å²) in [5, 5.41) is 3.30. The zero-order valence-corrected chi connectivity index (χ0v) is 5.34. The first-order valence-corrected chi connectivity index (χ1v) is 2.43. The smallest absolute Gasteiger partial charge is 0.236 e. The van der Waals surface area contributed by atoms with Crippen LogP contribution in [0.15, 0.2) is 5.10 Å². The Labute approximate surface area is 52.9 Å². The molecule has 1 amide bonds. The average molecular weight is 128 g/mol. The van der Waals surface area contributed by atoms with Crippen LogP contribution in [-0.4, -0.2) is 17.9 Å². The van der Waals surface area contributed by atoms with Crippen LogP contribution in [0.1, 0.15) is 13.8 Å². The van der Waals surface area contributed by atoms with E-state index in [0.717, 1.165) is 6.21 Å². The molecule has 0 aliphatic rings. The second-order valence-electron chi connectivity index (χ2n) is 1.54. The Morgan fingerprint density at radius 1 is 1.44 bits per heavy atom. The van der Waals surface area contributed by atoms with E-state index in [1.54, 1.807) is 0 Å². The van der Waals surface area contributed by atoms with Crippen LogP contribution in [0.5, 0.6) is 0 Å². The number of hydrogen-bond donors (Lipinski definition) is 1. The van der Waals surface area contributed by atoms with Crippen LogP contribution < -0.4 is 5.43 Å². The van der Waals surface area contributed by atoms with Gasteiger partial charge in [0.05, 0.1) is 6.21 Å². The SMILES string of the molecule is CC(=O)/C=N/NC(C)=O. The van der Waals surface area contributed by atoms with Crippen LogP contribution in [0.3, 0.4) is 0 Å². The minimum absolute atomic E-state index is 0.191. The fraction of sp³-hybridized carbons (Fsp3) is 0.400. The molecule has 0 fully saturated rings. The molecule has 0 radical (unpaired) electrons. The quantitative estimate of drug-likeness (QED) is 0.410. The number of nitrogens with zero attached hydrogens (tertiary/aromatic N) is 1. The van der Waals surface area contributed by atoms with Gasteiger partial charge in [0, 0.05) is 13.8 Å². The summed E-state index contributed by atoms with van der Waals surface area (Å²) in [6.45, 7) is 2.67. The van der Waals surface area contributed by atoms with Gasteiger partial charge in [-0.3, -0.25) is 9.59 Å². The number of nitrogens with one attached hydrogen (secondary N) is 1. The maximum absolute atomic E-state index is 10.1. The molecule has 0 aromatic carbocycles. The van der Waals surface area contributed by atoms with Gasteiger partial charge in [-0.05, 0) is 0 Å². The molecule has 0 heterocycles. The Kier molecular flexibility index (Phi) is 3.27. The van der Waals surface area contributed by atoms with Gasteiger partial charge < -0.3 is 0 Å². The largest absolute Gasteiger partial charge is 0.293 e. The van der Waals surface area contributed by atoms with Gasteiger partial charge in [-0.25, -0.2) is 5.43 Å². The topological polar surface area (TPSA) is 58.5 Å². The fourth-order valence-corrected chi connectivity index (χ4v) is 0.214. The normalized spacial score (nSPS) is 9.56. The number of hydrogen-bond acceptors (Lipinski definition) is 3. The summed E-state index contributed by atoms with van der Waals surface area (Å²) >= 11 is 0. The Morgan fingerprint density at radius 2 is 2.00 bits per heavy atom. The molecule has 0 spiro atoms. The van der Waals surface area contributed by atoms with Gasteiger partial charge >= 0.3 is 0 Å². The van der Waals surface area contributed by atoms with Crippen molar-refractivity contribution in [2.75, 3.05) is 0 Å². The molecule has 0 saturated carbocycles. The monoisotopic (exact) mass is 128 g/mol. The van der Waals surface area contributed by atoms with Gasteiger partial charge in [-0.15, -0.1) is 0 Å². The van der Waals surface area contributed by atoms with E-state index < -0.39 is 0 Å². The Hall–Kier alpha value is -1.19. The summed E-state index contributed by atoms with van der Waals surface area (Å²) in [7, 11) is 0. The lowest BCUT2D eigenvalue weighted by atomic mass is 10.5. The molecule has 0 saturated heterocycles. The highest BCUT2D eigenvalue weighted by molar-refractivity contribution is 6.26. The minimum atomic E-state index is -0.285. The van der Waals surface area contributed by atoms with E-state index in [4.69, 9.17) is 0 Å². The Balaban J connectivity index is 3.48. The standard InChI is InChI=1S/C5H8N2O2/c1-4(8)3-6-7-5(2)9/h3H,1-2H3,(H,7,9)/b6-3+. The number of carbonyl (C=O) groups excluding carboxylic acids is 2. The molecular formula is C5H8N2O2. The second-order valence-corrected chi connectivity index (χ2v) is 1.54. The number of carbonyl (C=O) groups is 2. The summed E-state index contributed by atoms with van der Waals surface area (Å²) in [6.07, 6.45) is 1.04. The van der Waals surface area contributed by atoms with E-state index in [1.165, 1.54) is 13.8 Å². The maximum atomic E-state index is 10.1. The zero-order valence-electron chi connectivity index (χ0n) is 5.34. The van der Waals surface area contributed by atoms with E-state index in [2.05, 4.69) is 10.5 Å². The summed E-state index contributed by atoms with van der Waals surface area (Å²) in [5.41, 5.74) is 2.09. The molecule has 0 aromatic rings. The van der Waals surface area contributed by atoms with Gasteiger partial charge in [-0.1, -0.05) is 0 Å². The first kappa shape index (κ1) is 7.81. The van der Waals surface area contributed by atoms with Crippen molar-refractivity contribution in [3.63, 3.8) is 0 Å². The van der Waals surface area contributed by atoms with E-state index >= 15 is 0 Å². The van der Waals surface area contributed by atoms with Crippen molar-refractivity contribution in [1.82, 2.24) is 5.43 Å². The number of ketones is 1. The van der Waals surface area contributed by atoms with Crippen molar-refractivity contribution < 1.29 is 9.59 Å².